The largest absolute Gasteiger partial charge is 0.349 e. The summed E-state index contributed by atoms with van der Waals surface area (Å²) in [7, 11) is 0. The van der Waals surface area contributed by atoms with E-state index in [2.05, 4.69) is 20.3 Å². The number of rotatable bonds is 4. The van der Waals surface area contributed by atoms with Crippen LogP contribution in [0.15, 0.2) is 49.1 Å². The Morgan fingerprint density at radius 1 is 1.13 bits per heavy atom. The zero-order valence-electron chi connectivity index (χ0n) is 16.1. The normalized spacial score (nSPS) is 13.6. The first-order valence-electron chi connectivity index (χ1n) is 9.57. The second-order valence-electron chi connectivity index (χ2n) is 7.33. The molecule has 4 aromatic rings. The number of nitrogens with one attached hydrogen (secondary N) is 1. The summed E-state index contributed by atoms with van der Waals surface area (Å²) in [5, 5.41) is 3.00. The van der Waals surface area contributed by atoms with Crippen LogP contribution < -0.4 is 5.32 Å². The van der Waals surface area contributed by atoms with Crippen molar-refractivity contribution in [3.05, 3.63) is 71.8 Å². The van der Waals surface area contributed by atoms with E-state index >= 15 is 0 Å². The molecule has 1 aliphatic carbocycles. The molecule has 0 saturated heterocycles. The summed E-state index contributed by atoms with van der Waals surface area (Å²) in [6.45, 7) is 1.87. The number of nitrogens with zero attached hydrogens (tertiary/aromatic N) is 4. The van der Waals surface area contributed by atoms with E-state index in [1.165, 1.54) is 18.5 Å². The Morgan fingerprint density at radius 3 is 2.73 bits per heavy atom. The van der Waals surface area contributed by atoms with Crippen LogP contribution in [0.4, 0.5) is 8.78 Å². The fourth-order valence-electron chi connectivity index (χ4n) is 3.51. The van der Waals surface area contributed by atoms with Crippen LogP contribution in [0.25, 0.3) is 28.1 Å². The molecule has 2 aromatic heterocycles. The Bertz CT molecular complexity index is 1300. The monoisotopic (exact) mass is 405 g/mol. The van der Waals surface area contributed by atoms with Gasteiger partial charge in [0.2, 0.25) is 0 Å². The SMILES string of the molecule is Cc1c(C(=O)NC2CC2)cccc1-n1cnc2c(-c3ccc(F)cc3F)ncnc21. The summed E-state index contributed by atoms with van der Waals surface area (Å²) in [6.07, 6.45) is 4.90. The Balaban J connectivity index is 1.62. The quantitative estimate of drug-likeness (QED) is 0.558. The molecule has 6 nitrogen and oxygen atoms in total. The van der Waals surface area contributed by atoms with E-state index in [0.29, 0.717) is 16.7 Å². The highest BCUT2D eigenvalue weighted by molar-refractivity contribution is 5.97. The highest BCUT2D eigenvalue weighted by Crippen LogP contribution is 2.29. The molecule has 30 heavy (non-hydrogen) atoms. The molecule has 1 aliphatic rings. The number of fused-ring (bicyclic) bond motifs is 1. The number of benzene rings is 2. The molecule has 150 valence electrons. The van der Waals surface area contributed by atoms with Gasteiger partial charge in [0.05, 0.1) is 5.69 Å². The lowest BCUT2D eigenvalue weighted by atomic mass is 10.1. The molecule has 5 rings (SSSR count). The fraction of sp³-hybridized carbons (Fsp3) is 0.182. The highest BCUT2D eigenvalue weighted by Gasteiger charge is 2.25. The Morgan fingerprint density at radius 2 is 1.97 bits per heavy atom. The third kappa shape index (κ3) is 3.10. The van der Waals surface area contributed by atoms with E-state index < -0.39 is 11.6 Å². The van der Waals surface area contributed by atoms with Crippen LogP contribution in [0.2, 0.25) is 0 Å². The van der Waals surface area contributed by atoms with Gasteiger partial charge in [-0.1, -0.05) is 6.07 Å². The van der Waals surface area contributed by atoms with Crippen LogP contribution in [0.5, 0.6) is 0 Å². The van der Waals surface area contributed by atoms with Crippen LogP contribution in [-0.2, 0) is 0 Å². The van der Waals surface area contributed by atoms with Gasteiger partial charge in [0, 0.05) is 23.2 Å². The van der Waals surface area contributed by atoms with Crippen LogP contribution >= 0.6 is 0 Å². The molecule has 1 fully saturated rings. The third-order valence-corrected chi connectivity index (χ3v) is 5.24. The number of imidazole rings is 1. The summed E-state index contributed by atoms with van der Waals surface area (Å²) >= 11 is 0. The molecule has 1 amide bonds. The van der Waals surface area contributed by atoms with Crippen molar-refractivity contribution >= 4 is 17.1 Å². The summed E-state index contributed by atoms with van der Waals surface area (Å²) in [5.74, 6) is -1.49. The van der Waals surface area contributed by atoms with Crippen molar-refractivity contribution in [2.24, 2.45) is 0 Å². The summed E-state index contributed by atoms with van der Waals surface area (Å²) in [5.41, 5.74) is 3.37. The van der Waals surface area contributed by atoms with E-state index in [0.717, 1.165) is 30.2 Å². The van der Waals surface area contributed by atoms with E-state index in [4.69, 9.17) is 0 Å². The van der Waals surface area contributed by atoms with Gasteiger partial charge in [-0.3, -0.25) is 9.36 Å². The number of halogens is 2. The standard InChI is InChI=1S/C22H17F2N5O/c1-12-15(22(30)28-14-6-7-14)3-2-4-18(12)29-11-27-20-19(25-10-26-21(20)29)16-8-5-13(23)9-17(16)24/h2-5,8-11,14H,6-7H2,1H3,(H,28,30). The number of amides is 1. The topological polar surface area (TPSA) is 72.7 Å². The van der Waals surface area contributed by atoms with Crippen molar-refractivity contribution in [3.8, 4) is 16.9 Å². The van der Waals surface area contributed by atoms with Gasteiger partial charge in [0.15, 0.2) is 5.65 Å². The predicted molar refractivity (Wildman–Crippen MR) is 107 cm³/mol. The summed E-state index contributed by atoms with van der Waals surface area (Å²) < 4.78 is 29.4. The molecular weight excluding hydrogens is 388 g/mol. The van der Waals surface area contributed by atoms with Gasteiger partial charge in [0.1, 0.15) is 35.5 Å². The summed E-state index contributed by atoms with van der Waals surface area (Å²) in [4.78, 5) is 25.4. The van der Waals surface area contributed by atoms with Gasteiger partial charge in [0.25, 0.3) is 5.91 Å². The van der Waals surface area contributed by atoms with Gasteiger partial charge in [-0.05, 0) is 49.6 Å². The van der Waals surface area contributed by atoms with Crippen molar-refractivity contribution in [1.82, 2.24) is 24.8 Å². The first kappa shape index (κ1) is 18.4. The molecule has 2 heterocycles. The van der Waals surface area contributed by atoms with Crippen molar-refractivity contribution in [3.63, 3.8) is 0 Å². The molecule has 0 atom stereocenters. The minimum absolute atomic E-state index is 0.107. The van der Waals surface area contributed by atoms with Crippen LogP contribution in [0.3, 0.4) is 0 Å². The molecule has 0 spiro atoms. The number of carbonyl (C=O) groups is 1. The van der Waals surface area contributed by atoms with E-state index in [9.17, 15) is 13.6 Å². The van der Waals surface area contributed by atoms with Crippen LogP contribution in [-0.4, -0.2) is 31.5 Å². The maximum atomic E-state index is 14.3. The molecule has 1 N–H and O–H groups in total. The van der Waals surface area contributed by atoms with E-state index in [-0.39, 0.29) is 23.2 Å². The molecule has 8 heteroatoms. The van der Waals surface area contributed by atoms with Crippen LogP contribution in [0.1, 0.15) is 28.8 Å². The molecule has 0 unspecified atom stereocenters. The molecule has 0 aliphatic heterocycles. The highest BCUT2D eigenvalue weighted by atomic mass is 19.1. The summed E-state index contributed by atoms with van der Waals surface area (Å²) in [6, 6.07) is 9.03. The first-order chi connectivity index (χ1) is 14.5. The lowest BCUT2D eigenvalue weighted by molar-refractivity contribution is 0.0950. The minimum Gasteiger partial charge on any atom is -0.349 e. The van der Waals surface area contributed by atoms with Crippen molar-refractivity contribution in [2.75, 3.05) is 0 Å². The van der Waals surface area contributed by atoms with E-state index in [1.54, 1.807) is 23.0 Å². The Kier molecular flexibility index (Phi) is 4.27. The van der Waals surface area contributed by atoms with Gasteiger partial charge in [-0.2, -0.15) is 0 Å². The van der Waals surface area contributed by atoms with Gasteiger partial charge in [-0.15, -0.1) is 0 Å². The Labute approximate surface area is 170 Å². The predicted octanol–water partition coefficient (Wildman–Crippen LogP) is 3.96. The smallest absolute Gasteiger partial charge is 0.251 e. The Hall–Kier alpha value is -3.68. The minimum atomic E-state index is -0.723. The average molecular weight is 405 g/mol. The average Bonchev–Trinajstić information content (AvgIpc) is 3.43. The maximum absolute atomic E-state index is 14.3. The van der Waals surface area contributed by atoms with Crippen molar-refractivity contribution < 1.29 is 13.6 Å². The molecule has 1 saturated carbocycles. The van der Waals surface area contributed by atoms with Crippen molar-refractivity contribution in [2.45, 2.75) is 25.8 Å². The number of carbonyl (C=O) groups excluding carboxylic acids is 1. The zero-order valence-corrected chi connectivity index (χ0v) is 16.1. The second-order valence-corrected chi connectivity index (χ2v) is 7.33. The molecule has 2 aromatic carbocycles. The van der Waals surface area contributed by atoms with E-state index in [1.807, 2.05) is 13.0 Å². The molecule has 0 radical (unpaired) electrons. The third-order valence-electron chi connectivity index (χ3n) is 5.24. The molecule has 0 bridgehead atoms. The first-order valence-corrected chi connectivity index (χ1v) is 9.57. The van der Waals surface area contributed by atoms with Crippen molar-refractivity contribution in [1.29, 1.82) is 0 Å². The second kappa shape index (κ2) is 6.98. The number of hydrogen-bond donors (Lipinski definition) is 1. The maximum Gasteiger partial charge on any atom is 0.251 e. The van der Waals surface area contributed by atoms with Gasteiger partial charge >= 0.3 is 0 Å². The molecular formula is C22H17F2N5O. The van der Waals surface area contributed by atoms with Crippen LogP contribution in [0, 0.1) is 18.6 Å². The number of hydrogen-bond acceptors (Lipinski definition) is 4. The lowest BCUT2D eigenvalue weighted by Gasteiger charge is -2.12. The van der Waals surface area contributed by atoms with Gasteiger partial charge < -0.3 is 5.32 Å². The number of aromatic nitrogens is 4. The lowest BCUT2D eigenvalue weighted by Crippen LogP contribution is -2.26. The van der Waals surface area contributed by atoms with Gasteiger partial charge in [-0.25, -0.2) is 23.7 Å². The zero-order chi connectivity index (χ0) is 20.8. The fourth-order valence-corrected chi connectivity index (χ4v) is 3.51.